The smallest absolute Gasteiger partial charge is 0.306 e. The Balaban J connectivity index is 4.57. The van der Waals surface area contributed by atoms with Crippen molar-refractivity contribution in [3.05, 3.63) is 60.8 Å². The highest BCUT2D eigenvalue weighted by molar-refractivity contribution is 5.70. The molecule has 0 fully saturated rings. The lowest BCUT2D eigenvalue weighted by molar-refractivity contribution is -0.870. The Labute approximate surface area is 316 Å². The predicted octanol–water partition coefficient (Wildman–Crippen LogP) is 8.49. The summed E-state index contributed by atoms with van der Waals surface area (Å²) < 4.78 is 22.4. The number of ether oxygens (including phenoxy) is 4. The maximum atomic E-state index is 12.7. The molecule has 2 atom stereocenters. The van der Waals surface area contributed by atoms with Crippen LogP contribution in [0, 0.1) is 0 Å². The number of quaternary nitrogens is 1. The van der Waals surface area contributed by atoms with Gasteiger partial charge in [-0.3, -0.25) is 9.59 Å². The molecule has 0 saturated heterocycles. The Morgan fingerprint density at radius 1 is 0.596 bits per heavy atom. The van der Waals surface area contributed by atoms with Gasteiger partial charge in [0.2, 0.25) is 0 Å². The van der Waals surface area contributed by atoms with Crippen LogP contribution in [-0.4, -0.2) is 82.3 Å². The Morgan fingerprint density at radius 2 is 1.10 bits per heavy atom. The van der Waals surface area contributed by atoms with E-state index >= 15 is 0 Å². The van der Waals surface area contributed by atoms with Crippen molar-refractivity contribution in [1.29, 1.82) is 0 Å². The van der Waals surface area contributed by atoms with E-state index in [1.54, 1.807) is 0 Å². The van der Waals surface area contributed by atoms with E-state index in [0.717, 1.165) is 96.3 Å². The number of allylic oxidation sites excluding steroid dienone is 10. The van der Waals surface area contributed by atoms with Crippen molar-refractivity contribution in [3.63, 3.8) is 0 Å². The monoisotopic (exact) mass is 732 g/mol. The van der Waals surface area contributed by atoms with Crippen LogP contribution in [0.4, 0.5) is 0 Å². The van der Waals surface area contributed by atoms with Gasteiger partial charge in [-0.1, -0.05) is 113 Å². The van der Waals surface area contributed by atoms with E-state index in [9.17, 15) is 19.5 Å². The number of hydrogen-bond acceptors (Lipinski definition) is 8. The Hall–Kier alpha value is -3.01. The maximum absolute atomic E-state index is 12.7. The number of carboxylic acids is 1. The van der Waals surface area contributed by atoms with E-state index in [1.807, 2.05) is 21.1 Å². The number of rotatable bonds is 35. The highest BCUT2D eigenvalue weighted by Gasteiger charge is 2.21. The first kappa shape index (κ1) is 49.0. The van der Waals surface area contributed by atoms with Crippen LogP contribution in [0.3, 0.4) is 0 Å². The van der Waals surface area contributed by atoms with Crippen LogP contribution in [0.25, 0.3) is 0 Å². The van der Waals surface area contributed by atoms with Gasteiger partial charge in [-0.2, -0.15) is 0 Å². The summed E-state index contributed by atoms with van der Waals surface area (Å²) in [5.41, 5.74) is 0. The molecule has 0 aromatic carbocycles. The number of carboxylic acid groups (broad SMARTS) is 1. The van der Waals surface area contributed by atoms with Gasteiger partial charge in [0.1, 0.15) is 13.2 Å². The third-order valence-electron chi connectivity index (χ3n) is 7.98. The van der Waals surface area contributed by atoms with Gasteiger partial charge >= 0.3 is 11.9 Å². The van der Waals surface area contributed by atoms with Crippen molar-refractivity contribution < 1.29 is 42.9 Å². The summed E-state index contributed by atoms with van der Waals surface area (Å²) in [6, 6.07) is 0. The molecule has 0 amide bonds. The quantitative estimate of drug-likeness (QED) is 0.0210. The minimum Gasteiger partial charge on any atom is -0.545 e. The molecule has 0 radical (unpaired) electrons. The van der Waals surface area contributed by atoms with Gasteiger partial charge in [0.15, 0.2) is 12.4 Å². The highest BCUT2D eigenvalue weighted by atomic mass is 16.7. The summed E-state index contributed by atoms with van der Waals surface area (Å²) >= 11 is 0. The van der Waals surface area contributed by atoms with Gasteiger partial charge in [0, 0.05) is 12.8 Å². The van der Waals surface area contributed by atoms with Gasteiger partial charge in [0.05, 0.1) is 40.3 Å². The number of carbonyl (C=O) groups is 3. The van der Waals surface area contributed by atoms with Crippen molar-refractivity contribution in [2.75, 3.05) is 47.5 Å². The standard InChI is InChI=1S/C43H73NO8/c1-6-8-10-12-14-16-18-19-20-21-22-23-24-26-28-30-32-34-41(46)52-39(38-51-43(42(47)48)49-36-35-44(3,4)5)37-50-40(45)33-31-29-27-25-17-15-13-11-9-7-2/h8,10-11,13-14,16,19-20,22-23,39,43H,6-7,9,12,15,17-18,21,24-38H2,1-5H3/b10-8-,13-11-,16-14-,20-19-,23-22-. The molecule has 0 bridgehead atoms. The van der Waals surface area contributed by atoms with Gasteiger partial charge in [0.25, 0.3) is 0 Å². The Morgan fingerprint density at radius 3 is 1.65 bits per heavy atom. The molecule has 0 heterocycles. The normalized spacial score (nSPS) is 13.6. The van der Waals surface area contributed by atoms with E-state index in [2.05, 4.69) is 74.6 Å². The zero-order valence-corrected chi connectivity index (χ0v) is 33.4. The van der Waals surface area contributed by atoms with Crippen LogP contribution < -0.4 is 5.11 Å². The molecule has 0 rings (SSSR count). The molecule has 298 valence electrons. The molecule has 0 aliphatic heterocycles. The molecular weight excluding hydrogens is 658 g/mol. The number of unbranched alkanes of at least 4 members (excludes halogenated alkanes) is 10. The largest absolute Gasteiger partial charge is 0.545 e. The summed E-state index contributed by atoms with van der Waals surface area (Å²) in [5.74, 6) is -2.35. The third-order valence-corrected chi connectivity index (χ3v) is 7.98. The molecule has 0 aromatic rings. The van der Waals surface area contributed by atoms with E-state index in [4.69, 9.17) is 18.9 Å². The van der Waals surface area contributed by atoms with E-state index in [1.165, 1.54) is 6.42 Å². The van der Waals surface area contributed by atoms with Gasteiger partial charge < -0.3 is 33.3 Å². The first-order valence-electron chi connectivity index (χ1n) is 19.9. The lowest BCUT2D eigenvalue weighted by Gasteiger charge is -2.26. The number of nitrogens with zero attached hydrogens (tertiary/aromatic N) is 1. The van der Waals surface area contributed by atoms with E-state index in [0.29, 0.717) is 17.4 Å². The zero-order valence-electron chi connectivity index (χ0n) is 33.4. The minimum atomic E-state index is -1.63. The van der Waals surface area contributed by atoms with Crippen molar-refractivity contribution in [2.24, 2.45) is 0 Å². The fraction of sp³-hybridized carbons (Fsp3) is 0.698. The molecule has 0 aliphatic rings. The maximum Gasteiger partial charge on any atom is 0.306 e. The fourth-order valence-corrected chi connectivity index (χ4v) is 4.88. The second kappa shape index (κ2) is 35.0. The number of hydrogen-bond donors (Lipinski definition) is 0. The molecule has 9 heteroatoms. The first-order valence-corrected chi connectivity index (χ1v) is 19.9. The van der Waals surface area contributed by atoms with Crippen LogP contribution in [0.15, 0.2) is 60.8 Å². The summed E-state index contributed by atoms with van der Waals surface area (Å²) in [7, 11) is 5.88. The van der Waals surface area contributed by atoms with E-state index < -0.39 is 24.3 Å². The zero-order chi connectivity index (χ0) is 38.5. The second-order valence-electron chi connectivity index (χ2n) is 14.2. The molecule has 0 saturated carbocycles. The van der Waals surface area contributed by atoms with Crippen molar-refractivity contribution in [1.82, 2.24) is 0 Å². The van der Waals surface area contributed by atoms with Crippen LogP contribution in [0.5, 0.6) is 0 Å². The van der Waals surface area contributed by atoms with Crippen molar-refractivity contribution in [2.45, 2.75) is 148 Å². The topological polar surface area (TPSA) is 111 Å². The van der Waals surface area contributed by atoms with Crippen LogP contribution in [0.2, 0.25) is 0 Å². The SMILES string of the molecule is CC/C=C\C/C=C\C/C=C\C/C=C\CCCCCCC(=O)OC(COC(=O)CCCCCCC/C=C\CCC)COC(OCC[N+](C)(C)C)C(=O)[O-]. The van der Waals surface area contributed by atoms with Gasteiger partial charge in [-0.05, 0) is 70.6 Å². The second-order valence-corrected chi connectivity index (χ2v) is 14.2. The number of carbonyl (C=O) groups excluding carboxylic acids is 3. The summed E-state index contributed by atoms with van der Waals surface area (Å²) in [4.78, 5) is 36.8. The molecule has 0 aromatic heterocycles. The average molecular weight is 732 g/mol. The Kier molecular flexibility index (Phi) is 33.0. The van der Waals surface area contributed by atoms with Gasteiger partial charge in [-0.15, -0.1) is 0 Å². The molecule has 2 unspecified atom stereocenters. The molecule has 0 N–H and O–H groups in total. The highest BCUT2D eigenvalue weighted by Crippen LogP contribution is 2.11. The first-order chi connectivity index (χ1) is 25.1. The number of likely N-dealkylation sites (N-methyl/N-ethyl adjacent to an activating group) is 1. The molecule has 0 aliphatic carbocycles. The average Bonchev–Trinajstić information content (AvgIpc) is 3.09. The Bertz CT molecular complexity index is 1040. The number of aliphatic carboxylic acids is 1. The van der Waals surface area contributed by atoms with Crippen LogP contribution in [-0.2, 0) is 33.3 Å². The van der Waals surface area contributed by atoms with Crippen LogP contribution >= 0.6 is 0 Å². The predicted molar refractivity (Wildman–Crippen MR) is 209 cm³/mol. The molecular formula is C43H73NO8. The number of esters is 2. The van der Waals surface area contributed by atoms with Crippen molar-refractivity contribution in [3.8, 4) is 0 Å². The summed E-state index contributed by atoms with van der Waals surface area (Å²) in [6.45, 7) is 4.48. The van der Waals surface area contributed by atoms with E-state index in [-0.39, 0.29) is 38.6 Å². The molecule has 9 nitrogen and oxygen atoms in total. The minimum absolute atomic E-state index is 0.138. The fourth-order valence-electron chi connectivity index (χ4n) is 4.88. The van der Waals surface area contributed by atoms with Crippen molar-refractivity contribution >= 4 is 17.9 Å². The molecule has 52 heavy (non-hydrogen) atoms. The van der Waals surface area contributed by atoms with Crippen LogP contribution in [0.1, 0.15) is 136 Å². The summed E-state index contributed by atoms with van der Waals surface area (Å²) in [5, 5.41) is 11.6. The molecule has 0 spiro atoms. The summed E-state index contributed by atoms with van der Waals surface area (Å²) in [6.07, 6.45) is 36.9. The lowest BCUT2D eigenvalue weighted by Crippen LogP contribution is -2.44. The third kappa shape index (κ3) is 35.4. The lowest BCUT2D eigenvalue weighted by atomic mass is 10.1. The van der Waals surface area contributed by atoms with Gasteiger partial charge in [-0.25, -0.2) is 0 Å².